The van der Waals surface area contributed by atoms with Crippen LogP contribution in [0, 0.1) is 20.8 Å². The molecular formula is C22H26N6. The number of hydrogen-bond donors (Lipinski definition) is 1. The van der Waals surface area contributed by atoms with Gasteiger partial charge in [-0.2, -0.15) is 5.10 Å². The zero-order valence-corrected chi connectivity index (χ0v) is 17.1. The first-order valence-corrected chi connectivity index (χ1v) is 9.64. The molecule has 6 heteroatoms. The summed E-state index contributed by atoms with van der Waals surface area (Å²) >= 11 is 0. The fourth-order valence-electron chi connectivity index (χ4n) is 3.63. The van der Waals surface area contributed by atoms with Crippen molar-refractivity contribution in [3.8, 4) is 11.4 Å². The Morgan fingerprint density at radius 3 is 2.68 bits per heavy atom. The lowest BCUT2D eigenvalue weighted by Gasteiger charge is -2.15. The second-order valence-electron chi connectivity index (χ2n) is 7.28. The summed E-state index contributed by atoms with van der Waals surface area (Å²) in [5.74, 6) is 0.711. The summed E-state index contributed by atoms with van der Waals surface area (Å²) in [6, 6.07) is 8.60. The molecule has 144 valence electrons. The van der Waals surface area contributed by atoms with Gasteiger partial charge in [0.25, 0.3) is 0 Å². The first-order valence-electron chi connectivity index (χ1n) is 9.64. The van der Waals surface area contributed by atoms with Gasteiger partial charge in [-0.05, 0) is 49.9 Å². The largest absolute Gasteiger partial charge is 0.378 e. The normalized spacial score (nSPS) is 11.3. The van der Waals surface area contributed by atoms with Gasteiger partial charge in [0.2, 0.25) is 0 Å². The number of pyridine rings is 1. The summed E-state index contributed by atoms with van der Waals surface area (Å²) in [5.41, 5.74) is 9.08. The van der Waals surface area contributed by atoms with Crippen molar-refractivity contribution in [2.24, 2.45) is 7.05 Å². The van der Waals surface area contributed by atoms with E-state index in [2.05, 4.69) is 71.0 Å². The minimum absolute atomic E-state index is 0.711. The molecule has 28 heavy (non-hydrogen) atoms. The third-order valence-corrected chi connectivity index (χ3v) is 5.40. The number of fused-ring (bicyclic) bond motifs is 1. The molecule has 0 spiro atoms. The average molecular weight is 374 g/mol. The highest BCUT2D eigenvalue weighted by molar-refractivity contribution is 5.75. The molecule has 3 heterocycles. The molecule has 6 nitrogen and oxygen atoms in total. The number of benzene rings is 1. The van der Waals surface area contributed by atoms with E-state index in [0.29, 0.717) is 5.82 Å². The van der Waals surface area contributed by atoms with Gasteiger partial charge in [0.05, 0.1) is 11.4 Å². The molecule has 1 aromatic carbocycles. The van der Waals surface area contributed by atoms with Gasteiger partial charge in [-0.25, -0.2) is 9.97 Å². The molecule has 0 saturated heterocycles. The van der Waals surface area contributed by atoms with Crippen molar-refractivity contribution in [3.05, 3.63) is 64.9 Å². The minimum Gasteiger partial charge on any atom is -0.378 e. The summed E-state index contributed by atoms with van der Waals surface area (Å²) in [4.78, 5) is 9.20. The zero-order valence-electron chi connectivity index (χ0n) is 17.1. The van der Waals surface area contributed by atoms with Gasteiger partial charge >= 0.3 is 0 Å². The molecule has 4 aromatic rings. The van der Waals surface area contributed by atoms with Gasteiger partial charge in [-0.1, -0.05) is 25.1 Å². The van der Waals surface area contributed by atoms with Gasteiger partial charge in [-0.15, -0.1) is 0 Å². The van der Waals surface area contributed by atoms with E-state index in [1.807, 2.05) is 14.0 Å². The molecule has 0 aliphatic rings. The molecule has 0 unspecified atom stereocenters. The summed E-state index contributed by atoms with van der Waals surface area (Å²) < 4.78 is 3.85. The van der Waals surface area contributed by atoms with Crippen LogP contribution in [0.4, 0.5) is 5.69 Å². The summed E-state index contributed by atoms with van der Waals surface area (Å²) in [7, 11) is 1.88. The maximum atomic E-state index is 4.78. The number of aryl methyl sites for hydroxylation is 5. The standard InChI is InChI=1S/C22H26N6/c1-6-17-9-7-8-14(2)19(17)11-23-20-10-18(21-24-13-27(5)26-21)12-28-16(4)15(3)25-22(20)28/h7-10,12-13,23H,6,11H2,1-5H3. The van der Waals surface area contributed by atoms with Crippen LogP contribution in [0.2, 0.25) is 0 Å². The maximum absolute atomic E-state index is 4.78. The molecule has 0 amide bonds. The van der Waals surface area contributed by atoms with Gasteiger partial charge in [0, 0.05) is 31.0 Å². The average Bonchev–Trinajstić information content (AvgIpc) is 3.24. The molecule has 0 radical (unpaired) electrons. The number of nitrogens with one attached hydrogen (secondary N) is 1. The van der Waals surface area contributed by atoms with Crippen LogP contribution >= 0.6 is 0 Å². The highest BCUT2D eigenvalue weighted by Crippen LogP contribution is 2.27. The molecule has 1 N–H and O–H groups in total. The van der Waals surface area contributed by atoms with E-state index in [1.54, 1.807) is 11.0 Å². The van der Waals surface area contributed by atoms with Crippen LogP contribution in [-0.2, 0) is 20.0 Å². The summed E-state index contributed by atoms with van der Waals surface area (Å²) in [5, 5.41) is 8.10. The van der Waals surface area contributed by atoms with Gasteiger partial charge in [-0.3, -0.25) is 4.68 Å². The van der Waals surface area contributed by atoms with E-state index in [0.717, 1.165) is 41.3 Å². The lowest BCUT2D eigenvalue weighted by atomic mass is 10.00. The highest BCUT2D eigenvalue weighted by Gasteiger charge is 2.14. The molecule has 0 saturated carbocycles. The summed E-state index contributed by atoms with van der Waals surface area (Å²) in [6.45, 7) is 9.26. The van der Waals surface area contributed by atoms with Crippen LogP contribution in [-0.4, -0.2) is 24.1 Å². The molecule has 0 atom stereocenters. The van der Waals surface area contributed by atoms with Crippen LogP contribution in [0.15, 0.2) is 36.8 Å². The monoisotopic (exact) mass is 374 g/mol. The van der Waals surface area contributed by atoms with Crippen molar-refractivity contribution in [1.29, 1.82) is 0 Å². The lowest BCUT2D eigenvalue weighted by Crippen LogP contribution is -2.07. The van der Waals surface area contributed by atoms with Crippen molar-refractivity contribution in [2.75, 3.05) is 5.32 Å². The molecule has 0 bridgehead atoms. The molecule has 0 aliphatic carbocycles. The Kier molecular flexibility index (Phi) is 4.63. The first kappa shape index (κ1) is 18.2. The smallest absolute Gasteiger partial charge is 0.182 e. The second kappa shape index (κ2) is 7.11. The van der Waals surface area contributed by atoms with Gasteiger partial charge in [0.1, 0.15) is 6.33 Å². The summed E-state index contributed by atoms with van der Waals surface area (Å²) in [6.07, 6.45) is 4.81. The fourth-order valence-corrected chi connectivity index (χ4v) is 3.63. The van der Waals surface area contributed by atoms with Crippen molar-refractivity contribution >= 4 is 11.3 Å². The third-order valence-electron chi connectivity index (χ3n) is 5.40. The molecule has 0 aliphatic heterocycles. The van der Waals surface area contributed by atoms with E-state index < -0.39 is 0 Å². The van der Waals surface area contributed by atoms with E-state index in [-0.39, 0.29) is 0 Å². The topological polar surface area (TPSA) is 60.0 Å². The maximum Gasteiger partial charge on any atom is 0.182 e. The number of nitrogens with zero attached hydrogens (tertiary/aromatic N) is 5. The van der Waals surface area contributed by atoms with Crippen molar-refractivity contribution in [3.63, 3.8) is 0 Å². The Labute approximate surface area is 165 Å². The van der Waals surface area contributed by atoms with Crippen LogP contribution < -0.4 is 5.32 Å². The molecule has 3 aromatic heterocycles. The Bertz CT molecular complexity index is 1150. The fraction of sp³-hybridized carbons (Fsp3) is 0.318. The number of rotatable bonds is 5. The Morgan fingerprint density at radius 2 is 1.96 bits per heavy atom. The number of aromatic nitrogens is 5. The van der Waals surface area contributed by atoms with Crippen molar-refractivity contribution in [1.82, 2.24) is 24.1 Å². The van der Waals surface area contributed by atoms with E-state index in [4.69, 9.17) is 4.98 Å². The Balaban J connectivity index is 1.79. The Hall–Kier alpha value is -3.15. The highest BCUT2D eigenvalue weighted by atomic mass is 15.3. The number of anilines is 1. The quantitative estimate of drug-likeness (QED) is 0.568. The van der Waals surface area contributed by atoms with Crippen molar-refractivity contribution in [2.45, 2.75) is 40.7 Å². The molecule has 4 rings (SSSR count). The zero-order chi connectivity index (χ0) is 19.8. The molecular weight excluding hydrogens is 348 g/mol. The molecule has 0 fully saturated rings. The van der Waals surface area contributed by atoms with E-state index in [1.165, 1.54) is 16.7 Å². The van der Waals surface area contributed by atoms with Gasteiger partial charge < -0.3 is 9.72 Å². The lowest BCUT2D eigenvalue weighted by molar-refractivity contribution is 0.768. The van der Waals surface area contributed by atoms with E-state index in [9.17, 15) is 0 Å². The van der Waals surface area contributed by atoms with Crippen molar-refractivity contribution < 1.29 is 0 Å². The van der Waals surface area contributed by atoms with Crippen LogP contribution in [0.1, 0.15) is 35.0 Å². The second-order valence-corrected chi connectivity index (χ2v) is 7.28. The third kappa shape index (κ3) is 3.15. The number of imidazole rings is 1. The first-order chi connectivity index (χ1) is 13.5. The van der Waals surface area contributed by atoms with E-state index >= 15 is 0 Å². The minimum atomic E-state index is 0.711. The SMILES string of the molecule is CCc1cccc(C)c1CNc1cc(-c2ncn(C)n2)cn2c(C)c(C)nc12. The van der Waals surface area contributed by atoms with Crippen LogP contribution in [0.25, 0.3) is 17.0 Å². The predicted octanol–water partition coefficient (Wildman–Crippen LogP) is 4.23. The van der Waals surface area contributed by atoms with Crippen LogP contribution in [0.5, 0.6) is 0 Å². The predicted molar refractivity (Wildman–Crippen MR) is 113 cm³/mol. The van der Waals surface area contributed by atoms with Crippen LogP contribution in [0.3, 0.4) is 0 Å². The number of hydrogen-bond acceptors (Lipinski definition) is 4. The Morgan fingerprint density at radius 1 is 1.14 bits per heavy atom. The van der Waals surface area contributed by atoms with Gasteiger partial charge in [0.15, 0.2) is 11.5 Å².